The Labute approximate surface area is 101 Å². The van der Waals surface area contributed by atoms with E-state index in [1.165, 1.54) is 0 Å². The van der Waals surface area contributed by atoms with Crippen molar-refractivity contribution in [1.82, 2.24) is 19.7 Å². The third-order valence-electron chi connectivity index (χ3n) is 2.26. The van der Waals surface area contributed by atoms with Gasteiger partial charge in [-0.3, -0.25) is 0 Å². The van der Waals surface area contributed by atoms with Crippen molar-refractivity contribution in [2.45, 2.75) is 13.0 Å². The first-order valence-electron chi connectivity index (χ1n) is 4.85. The fourth-order valence-corrected chi connectivity index (χ4v) is 1.71. The van der Waals surface area contributed by atoms with Crippen LogP contribution in [-0.2, 0) is 0 Å². The lowest BCUT2D eigenvalue weighted by Crippen LogP contribution is -2.10. The van der Waals surface area contributed by atoms with Crippen LogP contribution in [0.25, 0.3) is 11.5 Å². The summed E-state index contributed by atoms with van der Waals surface area (Å²) in [6, 6.07) is 5.52. The Morgan fingerprint density at radius 3 is 3.00 bits per heavy atom. The highest BCUT2D eigenvalue weighted by atomic mass is 79.9. The molecule has 0 aliphatic carbocycles. The average Bonchev–Trinajstić information content (AvgIpc) is 2.77. The van der Waals surface area contributed by atoms with E-state index in [0.717, 1.165) is 10.3 Å². The lowest BCUT2D eigenvalue weighted by Gasteiger charge is -2.11. The van der Waals surface area contributed by atoms with Crippen LogP contribution in [-0.4, -0.2) is 31.5 Å². The first kappa shape index (κ1) is 11.2. The summed E-state index contributed by atoms with van der Waals surface area (Å²) >= 11 is 3.31. The lowest BCUT2D eigenvalue weighted by atomic mass is 10.3. The predicted molar refractivity (Wildman–Crippen MR) is 62.7 cm³/mol. The number of halogens is 1. The van der Waals surface area contributed by atoms with E-state index >= 15 is 0 Å². The van der Waals surface area contributed by atoms with Crippen LogP contribution in [0.5, 0.6) is 0 Å². The molecule has 0 amide bonds. The maximum Gasteiger partial charge on any atom is 0.182 e. The molecule has 6 heteroatoms. The number of aromatic nitrogens is 4. The zero-order valence-corrected chi connectivity index (χ0v) is 10.3. The minimum absolute atomic E-state index is 0.0407. The number of rotatable bonds is 3. The number of hydrogen-bond donors (Lipinski definition) is 1. The third kappa shape index (κ3) is 2.12. The molecule has 0 aliphatic rings. The summed E-state index contributed by atoms with van der Waals surface area (Å²) in [6.07, 6.45) is 1.60. The molecule has 0 radical (unpaired) electrons. The highest BCUT2D eigenvalue weighted by molar-refractivity contribution is 9.10. The zero-order valence-electron chi connectivity index (χ0n) is 8.71. The van der Waals surface area contributed by atoms with Crippen molar-refractivity contribution in [3.8, 4) is 11.5 Å². The summed E-state index contributed by atoms with van der Waals surface area (Å²) < 4.78 is 2.55. The maximum atomic E-state index is 9.13. The Kier molecular flexibility index (Phi) is 3.31. The van der Waals surface area contributed by atoms with Gasteiger partial charge in [0, 0.05) is 0 Å². The van der Waals surface area contributed by atoms with Crippen molar-refractivity contribution >= 4 is 15.9 Å². The van der Waals surface area contributed by atoms with E-state index in [2.05, 4.69) is 31.1 Å². The van der Waals surface area contributed by atoms with Crippen molar-refractivity contribution in [1.29, 1.82) is 0 Å². The number of aliphatic hydroxyl groups is 1. The number of pyridine rings is 1. The van der Waals surface area contributed by atoms with Gasteiger partial charge in [0.25, 0.3) is 0 Å². The van der Waals surface area contributed by atoms with E-state index in [0.29, 0.717) is 5.82 Å². The van der Waals surface area contributed by atoms with Gasteiger partial charge in [-0.1, -0.05) is 6.07 Å². The quantitative estimate of drug-likeness (QED) is 0.870. The van der Waals surface area contributed by atoms with Crippen LogP contribution < -0.4 is 0 Å². The van der Waals surface area contributed by atoms with Gasteiger partial charge in [-0.05, 0) is 35.0 Å². The minimum Gasteiger partial charge on any atom is -0.394 e. The topological polar surface area (TPSA) is 63.8 Å². The van der Waals surface area contributed by atoms with Crippen LogP contribution in [0.3, 0.4) is 0 Å². The van der Waals surface area contributed by atoms with E-state index < -0.39 is 0 Å². The van der Waals surface area contributed by atoms with E-state index in [1.807, 2.05) is 25.1 Å². The minimum atomic E-state index is -0.0641. The van der Waals surface area contributed by atoms with Crippen LogP contribution in [0.15, 0.2) is 29.1 Å². The van der Waals surface area contributed by atoms with E-state index in [9.17, 15) is 0 Å². The normalized spacial score (nSPS) is 12.7. The molecule has 0 saturated carbocycles. The van der Waals surface area contributed by atoms with Gasteiger partial charge in [0.2, 0.25) is 0 Å². The highest BCUT2D eigenvalue weighted by Crippen LogP contribution is 2.19. The van der Waals surface area contributed by atoms with E-state index in [1.54, 1.807) is 10.9 Å². The monoisotopic (exact) mass is 282 g/mol. The van der Waals surface area contributed by atoms with Gasteiger partial charge < -0.3 is 9.67 Å². The van der Waals surface area contributed by atoms with E-state index in [4.69, 9.17) is 5.11 Å². The third-order valence-corrected chi connectivity index (χ3v) is 2.70. The second kappa shape index (κ2) is 4.71. The Bertz CT molecular complexity index is 485. The first-order chi connectivity index (χ1) is 7.72. The molecular formula is C10H11BrN4O. The van der Waals surface area contributed by atoms with Gasteiger partial charge in [-0.2, -0.15) is 0 Å². The molecule has 0 saturated heterocycles. The van der Waals surface area contributed by atoms with Crippen molar-refractivity contribution in [2.24, 2.45) is 0 Å². The molecule has 0 fully saturated rings. The van der Waals surface area contributed by atoms with Gasteiger partial charge >= 0.3 is 0 Å². The molecule has 2 heterocycles. The van der Waals surface area contributed by atoms with Gasteiger partial charge in [0.05, 0.1) is 12.6 Å². The maximum absolute atomic E-state index is 9.13. The second-order valence-electron chi connectivity index (χ2n) is 3.44. The predicted octanol–water partition coefficient (Wildman–Crippen LogP) is 1.66. The highest BCUT2D eigenvalue weighted by Gasteiger charge is 2.13. The van der Waals surface area contributed by atoms with Crippen molar-refractivity contribution in [2.75, 3.05) is 6.61 Å². The zero-order chi connectivity index (χ0) is 11.5. The van der Waals surface area contributed by atoms with Crippen molar-refractivity contribution < 1.29 is 5.11 Å². The van der Waals surface area contributed by atoms with Crippen LogP contribution in [0.1, 0.15) is 13.0 Å². The average molecular weight is 283 g/mol. The number of aliphatic hydroxyl groups excluding tert-OH is 1. The molecule has 2 aromatic heterocycles. The Hall–Kier alpha value is -1.27. The summed E-state index contributed by atoms with van der Waals surface area (Å²) in [5.74, 6) is 0.655. The largest absolute Gasteiger partial charge is 0.394 e. The van der Waals surface area contributed by atoms with Crippen LogP contribution in [0.2, 0.25) is 0 Å². The molecule has 1 N–H and O–H groups in total. The molecule has 16 heavy (non-hydrogen) atoms. The lowest BCUT2D eigenvalue weighted by molar-refractivity contribution is 0.239. The molecule has 2 aromatic rings. The fourth-order valence-electron chi connectivity index (χ4n) is 1.37. The molecular weight excluding hydrogens is 272 g/mol. The van der Waals surface area contributed by atoms with Gasteiger partial charge in [0.15, 0.2) is 5.82 Å². The summed E-state index contributed by atoms with van der Waals surface area (Å²) in [5.41, 5.74) is 0.729. The molecule has 2 rings (SSSR count). The molecule has 0 aromatic carbocycles. The Balaban J connectivity index is 2.44. The molecule has 5 nitrogen and oxygen atoms in total. The molecule has 1 unspecified atom stereocenters. The smallest absolute Gasteiger partial charge is 0.182 e. The van der Waals surface area contributed by atoms with Crippen molar-refractivity contribution in [3.05, 3.63) is 29.1 Å². The molecule has 0 spiro atoms. The summed E-state index contributed by atoms with van der Waals surface area (Å²) in [7, 11) is 0. The van der Waals surface area contributed by atoms with Crippen LogP contribution in [0, 0.1) is 0 Å². The number of hydrogen-bond acceptors (Lipinski definition) is 4. The Morgan fingerprint density at radius 2 is 2.31 bits per heavy atom. The van der Waals surface area contributed by atoms with Crippen LogP contribution in [0.4, 0.5) is 0 Å². The SMILES string of the molecule is CC(CO)n1cnnc1-c1cccc(Br)n1. The molecule has 0 bridgehead atoms. The fraction of sp³-hybridized carbons (Fsp3) is 0.300. The molecule has 84 valence electrons. The van der Waals surface area contributed by atoms with E-state index in [-0.39, 0.29) is 12.6 Å². The standard InChI is InChI=1S/C10H11BrN4O/c1-7(5-16)15-6-12-14-10(15)8-3-2-4-9(11)13-8/h2-4,6-7,16H,5H2,1H3. The van der Waals surface area contributed by atoms with Crippen LogP contribution >= 0.6 is 15.9 Å². The number of nitrogens with zero attached hydrogens (tertiary/aromatic N) is 4. The van der Waals surface area contributed by atoms with Gasteiger partial charge in [-0.15, -0.1) is 10.2 Å². The van der Waals surface area contributed by atoms with Crippen molar-refractivity contribution in [3.63, 3.8) is 0 Å². The summed E-state index contributed by atoms with van der Waals surface area (Å²) in [4.78, 5) is 4.30. The molecule has 0 aliphatic heterocycles. The second-order valence-corrected chi connectivity index (χ2v) is 4.25. The van der Waals surface area contributed by atoms with Gasteiger partial charge in [-0.25, -0.2) is 4.98 Å². The first-order valence-corrected chi connectivity index (χ1v) is 5.65. The summed E-state index contributed by atoms with van der Waals surface area (Å²) in [5, 5.41) is 17.0. The molecule has 1 atom stereocenters. The van der Waals surface area contributed by atoms with Gasteiger partial charge in [0.1, 0.15) is 16.6 Å². The Morgan fingerprint density at radius 1 is 1.50 bits per heavy atom. The summed E-state index contributed by atoms with van der Waals surface area (Å²) in [6.45, 7) is 1.93.